The molecule has 0 aliphatic heterocycles. The Bertz CT molecular complexity index is 423. The number of ether oxygens (including phenoxy) is 1. The minimum Gasteiger partial charge on any atom is -0.469 e. The minimum atomic E-state index is -0.343. The van der Waals surface area contributed by atoms with Crippen molar-refractivity contribution in [1.82, 2.24) is 5.32 Å². The number of thiophene rings is 1. The summed E-state index contributed by atoms with van der Waals surface area (Å²) in [4.78, 5) is 23.9. The Hall–Kier alpha value is -1.36. The molecule has 1 N–H and O–H groups in total. The highest BCUT2D eigenvalue weighted by atomic mass is 32.1. The molecule has 0 saturated heterocycles. The van der Waals surface area contributed by atoms with Crippen LogP contribution in [0.3, 0.4) is 0 Å². The van der Waals surface area contributed by atoms with Gasteiger partial charge in [-0.1, -0.05) is 6.07 Å². The van der Waals surface area contributed by atoms with E-state index in [0.717, 1.165) is 12.8 Å². The van der Waals surface area contributed by atoms with Crippen LogP contribution in [0, 0.1) is 0 Å². The highest BCUT2D eigenvalue weighted by molar-refractivity contribution is 7.10. The van der Waals surface area contributed by atoms with Crippen LogP contribution >= 0.6 is 11.3 Å². The maximum atomic E-state index is 11.6. The second-order valence-corrected chi connectivity index (χ2v) is 5.56. The van der Waals surface area contributed by atoms with Crippen LogP contribution in [-0.4, -0.2) is 25.5 Å². The quantitative estimate of drug-likeness (QED) is 0.800. The van der Waals surface area contributed by atoms with Crippen molar-refractivity contribution < 1.29 is 14.3 Å². The first-order chi connectivity index (χ1) is 8.66. The average Bonchev–Trinajstić information content (AvgIpc) is 2.97. The first-order valence-electron chi connectivity index (χ1n) is 6.04. The zero-order valence-electron chi connectivity index (χ0n) is 10.4. The fourth-order valence-electron chi connectivity index (χ4n) is 1.92. The monoisotopic (exact) mass is 267 g/mol. The summed E-state index contributed by atoms with van der Waals surface area (Å²) in [5, 5.41) is 4.98. The molecule has 5 heteroatoms. The van der Waals surface area contributed by atoms with Crippen LogP contribution in [0.1, 0.15) is 30.6 Å². The molecule has 1 saturated carbocycles. The van der Waals surface area contributed by atoms with Gasteiger partial charge < -0.3 is 10.1 Å². The van der Waals surface area contributed by atoms with Gasteiger partial charge in [0.05, 0.1) is 13.5 Å². The molecule has 1 aromatic heterocycles. The van der Waals surface area contributed by atoms with Crippen molar-refractivity contribution in [1.29, 1.82) is 0 Å². The van der Waals surface area contributed by atoms with Gasteiger partial charge in [-0.25, -0.2) is 0 Å². The van der Waals surface area contributed by atoms with Crippen LogP contribution in [0.25, 0.3) is 0 Å². The molecule has 0 bridgehead atoms. The third-order valence-electron chi connectivity index (χ3n) is 3.31. The van der Waals surface area contributed by atoms with Crippen molar-refractivity contribution in [3.05, 3.63) is 22.4 Å². The van der Waals surface area contributed by atoms with Crippen LogP contribution in [-0.2, 0) is 19.7 Å². The number of methoxy groups -OCH3 is 1. The summed E-state index contributed by atoms with van der Waals surface area (Å²) in [6, 6.07) is 4.16. The molecule has 1 aliphatic rings. The second kappa shape index (κ2) is 5.52. The SMILES string of the molecule is COC(=O)CCC(=O)NCC1(c2cccs2)CC1. The molecule has 1 heterocycles. The molecule has 1 fully saturated rings. The number of carbonyl (C=O) groups excluding carboxylic acids is 2. The number of esters is 1. The summed E-state index contributed by atoms with van der Waals surface area (Å²) in [6.07, 6.45) is 2.61. The van der Waals surface area contributed by atoms with E-state index in [1.54, 1.807) is 11.3 Å². The maximum Gasteiger partial charge on any atom is 0.306 e. The molecule has 0 unspecified atom stereocenters. The van der Waals surface area contributed by atoms with Crippen molar-refractivity contribution in [2.45, 2.75) is 31.1 Å². The Labute approximate surface area is 110 Å². The summed E-state index contributed by atoms with van der Waals surface area (Å²) in [5.74, 6) is -0.423. The van der Waals surface area contributed by atoms with Crippen LogP contribution in [0.15, 0.2) is 17.5 Å². The van der Waals surface area contributed by atoms with E-state index in [1.807, 2.05) is 6.07 Å². The van der Waals surface area contributed by atoms with E-state index in [4.69, 9.17) is 0 Å². The largest absolute Gasteiger partial charge is 0.469 e. The Morgan fingerprint density at radius 3 is 2.78 bits per heavy atom. The summed E-state index contributed by atoms with van der Waals surface area (Å²) in [6.45, 7) is 0.674. The summed E-state index contributed by atoms with van der Waals surface area (Å²) < 4.78 is 4.50. The Morgan fingerprint density at radius 1 is 1.44 bits per heavy atom. The van der Waals surface area contributed by atoms with E-state index in [2.05, 4.69) is 21.5 Å². The molecular weight excluding hydrogens is 250 g/mol. The lowest BCUT2D eigenvalue weighted by Gasteiger charge is -2.14. The normalized spacial score (nSPS) is 16.1. The van der Waals surface area contributed by atoms with E-state index >= 15 is 0 Å². The molecule has 2 rings (SSSR count). The summed E-state index contributed by atoms with van der Waals surface area (Å²) >= 11 is 1.74. The summed E-state index contributed by atoms with van der Waals surface area (Å²) in [5.41, 5.74) is 0.162. The number of amides is 1. The van der Waals surface area contributed by atoms with Crippen molar-refractivity contribution in [2.24, 2.45) is 0 Å². The predicted octanol–water partition coefficient (Wildman–Crippen LogP) is 1.85. The number of carbonyl (C=O) groups is 2. The van der Waals surface area contributed by atoms with Crippen LogP contribution in [0.5, 0.6) is 0 Å². The molecule has 0 aromatic carbocycles. The Morgan fingerprint density at radius 2 is 2.22 bits per heavy atom. The van der Waals surface area contributed by atoms with Crippen LogP contribution < -0.4 is 5.32 Å². The van der Waals surface area contributed by atoms with Crippen LogP contribution in [0.4, 0.5) is 0 Å². The van der Waals surface area contributed by atoms with Gasteiger partial charge >= 0.3 is 5.97 Å². The van der Waals surface area contributed by atoms with Gasteiger partial charge in [-0.2, -0.15) is 0 Å². The maximum absolute atomic E-state index is 11.6. The van der Waals surface area contributed by atoms with Crippen molar-refractivity contribution in [3.8, 4) is 0 Å². The highest BCUT2D eigenvalue weighted by Gasteiger charge is 2.45. The molecular formula is C13H17NO3S. The van der Waals surface area contributed by atoms with Gasteiger partial charge in [0.15, 0.2) is 0 Å². The topological polar surface area (TPSA) is 55.4 Å². The van der Waals surface area contributed by atoms with Gasteiger partial charge in [0.1, 0.15) is 0 Å². The van der Waals surface area contributed by atoms with Crippen molar-refractivity contribution >= 4 is 23.2 Å². The molecule has 1 amide bonds. The molecule has 98 valence electrons. The van der Waals surface area contributed by atoms with Crippen molar-refractivity contribution in [2.75, 3.05) is 13.7 Å². The predicted molar refractivity (Wildman–Crippen MR) is 69.5 cm³/mol. The lowest BCUT2D eigenvalue weighted by molar-refractivity contribution is -0.142. The van der Waals surface area contributed by atoms with Crippen LogP contribution in [0.2, 0.25) is 0 Å². The van der Waals surface area contributed by atoms with Gasteiger partial charge in [-0.3, -0.25) is 9.59 Å². The first-order valence-corrected chi connectivity index (χ1v) is 6.92. The molecule has 0 spiro atoms. The van der Waals surface area contributed by atoms with E-state index < -0.39 is 0 Å². The fraction of sp³-hybridized carbons (Fsp3) is 0.538. The van der Waals surface area contributed by atoms with Crippen molar-refractivity contribution in [3.63, 3.8) is 0 Å². The van der Waals surface area contributed by atoms with Gasteiger partial charge in [-0.15, -0.1) is 11.3 Å². The third-order valence-corrected chi connectivity index (χ3v) is 4.42. The minimum absolute atomic E-state index is 0.0803. The number of nitrogens with one attached hydrogen (secondary N) is 1. The smallest absolute Gasteiger partial charge is 0.306 e. The van der Waals surface area contributed by atoms with Gasteiger partial charge in [0.25, 0.3) is 0 Å². The number of rotatable bonds is 6. The average molecular weight is 267 g/mol. The molecule has 0 atom stereocenters. The van der Waals surface area contributed by atoms with E-state index in [0.29, 0.717) is 6.54 Å². The van der Waals surface area contributed by atoms with E-state index in [1.165, 1.54) is 12.0 Å². The third kappa shape index (κ3) is 3.10. The standard InChI is InChI=1S/C13H17NO3S/c1-17-12(16)5-4-11(15)14-9-13(6-7-13)10-3-2-8-18-10/h2-3,8H,4-7,9H2,1H3,(H,14,15). The zero-order valence-corrected chi connectivity index (χ0v) is 11.2. The molecule has 4 nitrogen and oxygen atoms in total. The molecule has 1 aliphatic carbocycles. The lowest BCUT2D eigenvalue weighted by atomic mass is 10.1. The lowest BCUT2D eigenvalue weighted by Crippen LogP contribution is -2.32. The van der Waals surface area contributed by atoms with Gasteiger partial charge in [0.2, 0.25) is 5.91 Å². The number of hydrogen-bond acceptors (Lipinski definition) is 4. The summed E-state index contributed by atoms with van der Waals surface area (Å²) in [7, 11) is 1.33. The highest BCUT2D eigenvalue weighted by Crippen LogP contribution is 2.49. The van der Waals surface area contributed by atoms with Gasteiger partial charge in [-0.05, 0) is 24.3 Å². The Balaban J connectivity index is 1.75. The Kier molecular flexibility index (Phi) is 4.01. The van der Waals surface area contributed by atoms with E-state index in [-0.39, 0.29) is 30.1 Å². The molecule has 18 heavy (non-hydrogen) atoms. The fourth-order valence-corrected chi connectivity index (χ4v) is 2.90. The molecule has 0 radical (unpaired) electrons. The number of hydrogen-bond donors (Lipinski definition) is 1. The van der Waals surface area contributed by atoms with Gasteiger partial charge in [0, 0.05) is 23.3 Å². The molecule has 1 aromatic rings. The zero-order chi connectivity index (χ0) is 13.0. The van der Waals surface area contributed by atoms with E-state index in [9.17, 15) is 9.59 Å². The second-order valence-electron chi connectivity index (χ2n) is 4.61. The first kappa shape index (κ1) is 13.1.